The molecule has 3 heterocycles. The van der Waals surface area contributed by atoms with Crippen molar-refractivity contribution in [2.75, 3.05) is 26.0 Å². The summed E-state index contributed by atoms with van der Waals surface area (Å²) in [6.07, 6.45) is 7.32. The van der Waals surface area contributed by atoms with E-state index in [0.717, 1.165) is 72.9 Å². The molecule has 1 atom stereocenters. The van der Waals surface area contributed by atoms with E-state index >= 15 is 0 Å². The summed E-state index contributed by atoms with van der Waals surface area (Å²) < 4.78 is 7.08. The molecule has 2 amide bonds. The predicted octanol–water partition coefficient (Wildman–Crippen LogP) is 4.71. The number of nitrogens with zero attached hydrogens (tertiary/aromatic N) is 5. The number of hydrogen-bond donors (Lipinski definition) is 3. The number of urea groups is 1. The van der Waals surface area contributed by atoms with Gasteiger partial charge >= 0.3 is 12.0 Å². The lowest BCUT2D eigenvalue weighted by Gasteiger charge is -2.34. The van der Waals surface area contributed by atoms with Gasteiger partial charge in [0.05, 0.1) is 36.3 Å². The largest absolute Gasteiger partial charge is 0.466 e. The van der Waals surface area contributed by atoms with E-state index in [2.05, 4.69) is 22.5 Å². The van der Waals surface area contributed by atoms with Crippen molar-refractivity contribution in [2.45, 2.75) is 77.0 Å². The highest BCUT2D eigenvalue weighted by Crippen LogP contribution is 2.36. The molecular weight excluding hydrogens is 522 g/mol. The van der Waals surface area contributed by atoms with Crippen molar-refractivity contribution < 1.29 is 19.4 Å². The molecule has 11 heteroatoms. The highest BCUT2D eigenvalue weighted by atomic mass is 16.5. The zero-order chi connectivity index (χ0) is 29.1. The SMILES string of the molecule is CCCCNc1ncc2c(-c3ccc(C4NC(=O)N(C)C(CC)=C4C(=O)OC)cc3)nn(C3CCC(O)CC3)c2n1. The zero-order valence-electron chi connectivity index (χ0n) is 24.2. The molecule has 3 aromatic rings. The first-order valence-corrected chi connectivity index (χ1v) is 14.5. The maximum absolute atomic E-state index is 12.8. The van der Waals surface area contributed by atoms with Gasteiger partial charge in [-0.05, 0) is 44.1 Å². The highest BCUT2D eigenvalue weighted by Gasteiger charge is 2.36. The number of hydrogen-bond acceptors (Lipinski definition) is 8. The number of fused-ring (bicyclic) bond motifs is 1. The summed E-state index contributed by atoms with van der Waals surface area (Å²) in [6.45, 7) is 4.86. The molecule has 1 aromatic carbocycles. The Labute approximate surface area is 240 Å². The number of nitrogens with one attached hydrogen (secondary N) is 2. The van der Waals surface area contributed by atoms with Crippen LogP contribution in [0.15, 0.2) is 41.7 Å². The second-order valence-corrected chi connectivity index (χ2v) is 10.7. The van der Waals surface area contributed by atoms with Crippen LogP contribution in [0.4, 0.5) is 10.7 Å². The minimum absolute atomic E-state index is 0.141. The van der Waals surface area contributed by atoms with Gasteiger partial charge < -0.3 is 25.4 Å². The van der Waals surface area contributed by atoms with Gasteiger partial charge in [0.15, 0.2) is 5.65 Å². The minimum Gasteiger partial charge on any atom is -0.466 e. The number of allylic oxidation sites excluding steroid dienone is 1. The number of aromatic nitrogens is 4. The molecule has 0 radical (unpaired) electrons. The fourth-order valence-corrected chi connectivity index (χ4v) is 5.78. The molecule has 3 N–H and O–H groups in total. The van der Waals surface area contributed by atoms with Gasteiger partial charge in [-0.1, -0.05) is 44.5 Å². The first-order chi connectivity index (χ1) is 19.9. The van der Waals surface area contributed by atoms with Crippen molar-refractivity contribution in [3.8, 4) is 11.3 Å². The quantitative estimate of drug-likeness (QED) is 0.253. The molecule has 1 aliphatic carbocycles. The molecule has 41 heavy (non-hydrogen) atoms. The monoisotopic (exact) mass is 561 g/mol. The van der Waals surface area contributed by atoms with Gasteiger partial charge in [0.1, 0.15) is 5.69 Å². The van der Waals surface area contributed by atoms with Crippen LogP contribution >= 0.6 is 0 Å². The molecule has 2 aliphatic rings. The minimum atomic E-state index is -0.627. The Morgan fingerprint density at radius 1 is 1.17 bits per heavy atom. The fourth-order valence-electron chi connectivity index (χ4n) is 5.78. The molecule has 0 saturated heterocycles. The molecule has 1 unspecified atom stereocenters. The van der Waals surface area contributed by atoms with Gasteiger partial charge in [-0.25, -0.2) is 19.3 Å². The molecular formula is C30H39N7O4. The van der Waals surface area contributed by atoms with Gasteiger partial charge in [0.2, 0.25) is 5.95 Å². The van der Waals surface area contributed by atoms with Crippen LogP contribution < -0.4 is 10.6 Å². The van der Waals surface area contributed by atoms with Crippen LogP contribution in [0.5, 0.6) is 0 Å². The summed E-state index contributed by atoms with van der Waals surface area (Å²) in [5, 5.41) is 22.2. The van der Waals surface area contributed by atoms with E-state index in [1.807, 2.05) is 42.1 Å². The first-order valence-electron chi connectivity index (χ1n) is 14.5. The molecule has 11 nitrogen and oxygen atoms in total. The fraction of sp³-hybridized carbons (Fsp3) is 0.500. The van der Waals surface area contributed by atoms with Crippen LogP contribution in [-0.4, -0.2) is 68.6 Å². The van der Waals surface area contributed by atoms with Crippen molar-refractivity contribution in [3.63, 3.8) is 0 Å². The van der Waals surface area contributed by atoms with Crippen LogP contribution in [0.3, 0.4) is 0 Å². The summed E-state index contributed by atoms with van der Waals surface area (Å²) in [6, 6.07) is 6.96. The Balaban J connectivity index is 1.52. The molecule has 1 aliphatic heterocycles. The Morgan fingerprint density at radius 3 is 2.56 bits per heavy atom. The Kier molecular flexibility index (Phi) is 8.53. The Bertz CT molecular complexity index is 1440. The van der Waals surface area contributed by atoms with Crippen molar-refractivity contribution >= 4 is 29.0 Å². The Hall–Kier alpha value is -3.99. The number of rotatable bonds is 9. The number of carbonyl (C=O) groups is 2. The molecule has 2 aromatic heterocycles. The smallest absolute Gasteiger partial charge is 0.337 e. The van der Waals surface area contributed by atoms with E-state index in [1.54, 1.807) is 7.05 Å². The lowest BCUT2D eigenvalue weighted by Crippen LogP contribution is -2.46. The maximum atomic E-state index is 12.8. The Morgan fingerprint density at radius 2 is 1.90 bits per heavy atom. The van der Waals surface area contributed by atoms with Gasteiger partial charge in [0, 0.05) is 31.0 Å². The van der Waals surface area contributed by atoms with E-state index in [4.69, 9.17) is 14.8 Å². The normalized spacial score (nSPS) is 21.2. The number of amides is 2. The van der Waals surface area contributed by atoms with E-state index in [9.17, 15) is 14.7 Å². The third-order valence-corrected chi connectivity index (χ3v) is 8.11. The number of unbranched alkanes of at least 4 members (excludes halogenated alkanes) is 1. The van der Waals surface area contributed by atoms with Crippen molar-refractivity contribution in [1.29, 1.82) is 0 Å². The molecule has 0 bridgehead atoms. The summed E-state index contributed by atoms with van der Waals surface area (Å²) in [5.74, 6) is 0.113. The van der Waals surface area contributed by atoms with Crippen LogP contribution in [0.2, 0.25) is 0 Å². The van der Waals surface area contributed by atoms with E-state index in [-0.39, 0.29) is 18.2 Å². The topological polar surface area (TPSA) is 135 Å². The number of benzene rings is 1. The summed E-state index contributed by atoms with van der Waals surface area (Å²) in [4.78, 5) is 36.4. The van der Waals surface area contributed by atoms with E-state index in [0.29, 0.717) is 23.6 Å². The molecule has 0 spiro atoms. The average Bonchev–Trinajstić information content (AvgIpc) is 3.37. The third kappa shape index (κ3) is 5.63. The van der Waals surface area contributed by atoms with Gasteiger partial charge in [-0.15, -0.1) is 0 Å². The summed E-state index contributed by atoms with van der Waals surface area (Å²) >= 11 is 0. The number of aliphatic hydroxyl groups is 1. The number of ether oxygens (including phenoxy) is 1. The maximum Gasteiger partial charge on any atom is 0.337 e. The lowest BCUT2D eigenvalue weighted by atomic mass is 9.93. The van der Waals surface area contributed by atoms with Crippen LogP contribution in [0, 0.1) is 0 Å². The number of anilines is 1. The summed E-state index contributed by atoms with van der Waals surface area (Å²) in [5.41, 5.74) is 4.24. The van der Waals surface area contributed by atoms with Gasteiger partial charge in [-0.2, -0.15) is 10.1 Å². The number of methoxy groups -OCH3 is 1. The molecule has 1 fully saturated rings. The molecule has 1 saturated carbocycles. The van der Waals surface area contributed by atoms with Gasteiger partial charge in [-0.3, -0.25) is 0 Å². The zero-order valence-corrected chi connectivity index (χ0v) is 24.2. The van der Waals surface area contributed by atoms with Crippen molar-refractivity contribution in [1.82, 2.24) is 30.0 Å². The number of esters is 1. The first kappa shape index (κ1) is 28.5. The van der Waals surface area contributed by atoms with Crippen LogP contribution in [0.1, 0.15) is 76.4 Å². The van der Waals surface area contributed by atoms with Crippen LogP contribution in [-0.2, 0) is 9.53 Å². The number of aliphatic hydroxyl groups excluding tert-OH is 1. The van der Waals surface area contributed by atoms with E-state index < -0.39 is 12.0 Å². The van der Waals surface area contributed by atoms with E-state index in [1.165, 1.54) is 12.0 Å². The lowest BCUT2D eigenvalue weighted by molar-refractivity contribution is -0.136. The second kappa shape index (κ2) is 12.3. The third-order valence-electron chi connectivity index (χ3n) is 8.11. The van der Waals surface area contributed by atoms with Crippen molar-refractivity contribution in [2.24, 2.45) is 0 Å². The standard InChI is InChI=1S/C30H39N7O4/c1-5-7-16-31-29-32-17-22-25(35-37(27(22)34-29)20-12-14-21(38)15-13-20)18-8-10-19(11-9-18)26-24(28(39)41-4)23(6-2)36(3)30(40)33-26/h8-11,17,20-21,26,38H,5-7,12-16H2,1-4H3,(H,33,40)(H,31,32,34). The van der Waals surface area contributed by atoms with Crippen LogP contribution in [0.25, 0.3) is 22.3 Å². The summed E-state index contributed by atoms with van der Waals surface area (Å²) in [7, 11) is 3.00. The predicted molar refractivity (Wildman–Crippen MR) is 156 cm³/mol. The number of carbonyl (C=O) groups excluding carboxylic acids is 2. The average molecular weight is 562 g/mol. The van der Waals surface area contributed by atoms with Gasteiger partial charge in [0.25, 0.3) is 0 Å². The molecule has 5 rings (SSSR count). The highest BCUT2D eigenvalue weighted by molar-refractivity contribution is 5.95. The molecule has 218 valence electrons. The second-order valence-electron chi connectivity index (χ2n) is 10.7. The van der Waals surface area contributed by atoms with Crippen molar-refractivity contribution in [3.05, 3.63) is 47.3 Å².